The molecule has 4 rings (SSSR count). The van der Waals surface area contributed by atoms with Crippen molar-refractivity contribution in [1.82, 2.24) is 4.90 Å². The van der Waals surface area contributed by atoms with E-state index in [4.69, 9.17) is 0 Å². The summed E-state index contributed by atoms with van der Waals surface area (Å²) in [6, 6.07) is 20.4. The van der Waals surface area contributed by atoms with E-state index in [9.17, 15) is 5.11 Å². The van der Waals surface area contributed by atoms with Crippen molar-refractivity contribution in [3.05, 3.63) is 77.4 Å². The molecule has 2 heterocycles. The lowest BCUT2D eigenvalue weighted by molar-refractivity contribution is 0.203. The molecule has 2 aliphatic heterocycles. The molecule has 23 heavy (non-hydrogen) atoms. The van der Waals surface area contributed by atoms with Crippen LogP contribution in [0.5, 0.6) is 0 Å². The first-order chi connectivity index (χ1) is 11.3. The van der Waals surface area contributed by atoms with E-state index in [1.165, 1.54) is 29.5 Å². The van der Waals surface area contributed by atoms with Gasteiger partial charge in [0.2, 0.25) is 0 Å². The molecule has 2 atom stereocenters. The zero-order valence-electron chi connectivity index (χ0n) is 13.4. The van der Waals surface area contributed by atoms with E-state index < -0.39 is 0 Å². The van der Waals surface area contributed by atoms with Gasteiger partial charge in [-0.2, -0.15) is 0 Å². The van der Waals surface area contributed by atoms with Crippen molar-refractivity contribution in [1.29, 1.82) is 0 Å². The van der Waals surface area contributed by atoms with Crippen LogP contribution in [-0.4, -0.2) is 22.1 Å². The molecule has 0 aromatic heterocycles. The van der Waals surface area contributed by atoms with Gasteiger partial charge in [0.1, 0.15) is 0 Å². The summed E-state index contributed by atoms with van der Waals surface area (Å²) >= 11 is 0. The summed E-state index contributed by atoms with van der Waals surface area (Å²) in [5.74, 6) is 0. The minimum Gasteiger partial charge on any atom is -0.392 e. The normalized spacial score (nSPS) is 23.8. The molecule has 0 radical (unpaired) electrons. The van der Waals surface area contributed by atoms with Gasteiger partial charge in [-0.1, -0.05) is 60.7 Å². The molecule has 1 saturated heterocycles. The number of benzene rings is 2. The maximum absolute atomic E-state index is 9.19. The van der Waals surface area contributed by atoms with Gasteiger partial charge in [0, 0.05) is 18.6 Å². The van der Waals surface area contributed by atoms with E-state index in [0.717, 1.165) is 18.5 Å². The third-order valence-electron chi connectivity index (χ3n) is 5.26. The lowest BCUT2D eigenvalue weighted by atomic mass is 9.94. The molecule has 1 fully saturated rings. The number of rotatable bonds is 4. The van der Waals surface area contributed by atoms with Gasteiger partial charge < -0.3 is 5.11 Å². The third-order valence-corrected chi connectivity index (χ3v) is 5.26. The number of hydrogen-bond acceptors (Lipinski definition) is 2. The first kappa shape index (κ1) is 14.7. The van der Waals surface area contributed by atoms with Crippen molar-refractivity contribution in [3.63, 3.8) is 0 Å². The summed E-state index contributed by atoms with van der Waals surface area (Å²) in [5, 5.41) is 9.19. The van der Waals surface area contributed by atoms with E-state index in [0.29, 0.717) is 12.1 Å². The van der Waals surface area contributed by atoms with Crippen molar-refractivity contribution < 1.29 is 5.11 Å². The van der Waals surface area contributed by atoms with Crippen molar-refractivity contribution in [3.8, 4) is 0 Å². The highest BCUT2D eigenvalue weighted by Gasteiger charge is 2.36. The maximum atomic E-state index is 9.19. The van der Waals surface area contributed by atoms with Crippen LogP contribution in [0.15, 0.2) is 60.7 Å². The second kappa shape index (κ2) is 6.31. The number of fused-ring (bicyclic) bond motifs is 2. The molecule has 2 unspecified atom stereocenters. The molecule has 2 aromatic rings. The second-order valence-corrected chi connectivity index (χ2v) is 6.71. The number of nitrogens with zero attached hydrogens (tertiary/aromatic N) is 1. The maximum Gasteiger partial charge on any atom is 0.0681 e. The lowest BCUT2D eigenvalue weighted by Crippen LogP contribution is -2.37. The summed E-state index contributed by atoms with van der Waals surface area (Å²) < 4.78 is 0. The highest BCUT2D eigenvalue weighted by molar-refractivity contribution is 5.68. The number of aliphatic hydroxyl groups is 1. The van der Waals surface area contributed by atoms with Crippen LogP contribution >= 0.6 is 0 Å². The Morgan fingerprint density at radius 3 is 2.39 bits per heavy atom. The van der Waals surface area contributed by atoms with E-state index in [1.807, 2.05) is 12.1 Å². The fourth-order valence-electron chi connectivity index (χ4n) is 4.00. The van der Waals surface area contributed by atoms with Gasteiger partial charge in [-0.3, -0.25) is 4.90 Å². The monoisotopic (exact) mass is 305 g/mol. The van der Waals surface area contributed by atoms with Crippen molar-refractivity contribution in [2.75, 3.05) is 0 Å². The van der Waals surface area contributed by atoms with Crippen molar-refractivity contribution in [2.45, 2.75) is 44.5 Å². The number of aliphatic hydroxyl groups excluding tert-OH is 1. The molecule has 0 spiro atoms. The van der Waals surface area contributed by atoms with Gasteiger partial charge in [0.15, 0.2) is 0 Å². The van der Waals surface area contributed by atoms with E-state index in [-0.39, 0.29) is 6.61 Å². The fraction of sp³-hybridized carbons (Fsp3) is 0.333. The predicted molar refractivity (Wildman–Crippen MR) is 93.8 cm³/mol. The highest BCUT2D eigenvalue weighted by atomic mass is 16.3. The van der Waals surface area contributed by atoms with Crippen molar-refractivity contribution in [2.24, 2.45) is 0 Å². The van der Waals surface area contributed by atoms with E-state index in [1.54, 1.807) is 0 Å². The Balaban J connectivity index is 1.54. The molecule has 2 aliphatic rings. The fourth-order valence-corrected chi connectivity index (χ4v) is 4.00. The molecule has 0 amide bonds. The van der Waals surface area contributed by atoms with Crippen LogP contribution in [0.2, 0.25) is 0 Å². The van der Waals surface area contributed by atoms with Gasteiger partial charge >= 0.3 is 0 Å². The van der Waals surface area contributed by atoms with Gasteiger partial charge in [-0.25, -0.2) is 0 Å². The Bertz CT molecular complexity index is 690. The molecule has 2 aromatic carbocycles. The number of hydrogen-bond donors (Lipinski definition) is 1. The lowest BCUT2D eigenvalue weighted by Gasteiger charge is -2.34. The first-order valence-corrected chi connectivity index (χ1v) is 8.54. The third kappa shape index (κ3) is 2.97. The minimum absolute atomic E-state index is 0.120. The zero-order chi connectivity index (χ0) is 15.6. The van der Waals surface area contributed by atoms with Crippen LogP contribution in [0, 0.1) is 0 Å². The summed E-state index contributed by atoms with van der Waals surface area (Å²) in [6.45, 7) is 1.18. The van der Waals surface area contributed by atoms with Gasteiger partial charge in [-0.05, 0) is 41.5 Å². The van der Waals surface area contributed by atoms with Crippen molar-refractivity contribution >= 4 is 5.57 Å². The average Bonchev–Trinajstić information content (AvgIpc) is 2.84. The Labute approximate surface area is 138 Å². The molecular formula is C21H23NO. The predicted octanol–water partition coefficient (Wildman–Crippen LogP) is 4.00. The first-order valence-electron chi connectivity index (χ1n) is 8.54. The molecule has 1 N–H and O–H groups in total. The molecule has 2 bridgehead atoms. The van der Waals surface area contributed by atoms with E-state index in [2.05, 4.69) is 53.4 Å². The molecule has 2 heteroatoms. The molecular weight excluding hydrogens is 282 g/mol. The van der Waals surface area contributed by atoms with Crippen LogP contribution in [0.1, 0.15) is 36.0 Å². The molecule has 2 nitrogen and oxygen atoms in total. The summed E-state index contributed by atoms with van der Waals surface area (Å²) in [7, 11) is 0. The topological polar surface area (TPSA) is 23.5 Å². The molecule has 118 valence electrons. The standard InChI is InChI=1S/C21H23NO/c23-15-17-6-8-18(9-7-17)19-12-20-10-11-21(13-19)22(20)14-16-4-2-1-3-5-16/h1-9,12,20-21,23H,10-11,13-15H2. The molecule has 0 aliphatic carbocycles. The van der Waals surface area contributed by atoms with Crippen LogP contribution in [0.3, 0.4) is 0 Å². The van der Waals surface area contributed by atoms with Crippen LogP contribution in [0.4, 0.5) is 0 Å². The molecule has 0 saturated carbocycles. The van der Waals surface area contributed by atoms with Gasteiger partial charge in [-0.15, -0.1) is 0 Å². The average molecular weight is 305 g/mol. The Morgan fingerprint density at radius 2 is 1.70 bits per heavy atom. The Kier molecular flexibility index (Phi) is 4.02. The minimum atomic E-state index is 0.120. The summed E-state index contributed by atoms with van der Waals surface area (Å²) in [6.07, 6.45) is 6.18. The van der Waals surface area contributed by atoms with Crippen LogP contribution < -0.4 is 0 Å². The summed E-state index contributed by atoms with van der Waals surface area (Å²) in [4.78, 5) is 2.67. The summed E-state index contributed by atoms with van der Waals surface area (Å²) in [5.41, 5.74) is 5.19. The van der Waals surface area contributed by atoms with Gasteiger partial charge in [0.25, 0.3) is 0 Å². The smallest absolute Gasteiger partial charge is 0.0681 e. The quantitative estimate of drug-likeness (QED) is 0.923. The Hall–Kier alpha value is -1.90. The largest absolute Gasteiger partial charge is 0.392 e. The van der Waals surface area contributed by atoms with E-state index >= 15 is 0 Å². The zero-order valence-corrected chi connectivity index (χ0v) is 13.4. The second-order valence-electron chi connectivity index (χ2n) is 6.71. The highest BCUT2D eigenvalue weighted by Crippen LogP contribution is 2.39. The SMILES string of the molecule is OCc1ccc(C2=CC3CCC(C2)N3Cc2ccccc2)cc1. The van der Waals surface area contributed by atoms with Gasteiger partial charge in [0.05, 0.1) is 6.61 Å². The van der Waals surface area contributed by atoms with Crippen LogP contribution in [-0.2, 0) is 13.2 Å². The van der Waals surface area contributed by atoms with Crippen LogP contribution in [0.25, 0.3) is 5.57 Å². The Morgan fingerprint density at radius 1 is 0.913 bits per heavy atom.